The summed E-state index contributed by atoms with van der Waals surface area (Å²) in [7, 11) is 0. The van der Waals surface area contributed by atoms with Crippen molar-refractivity contribution in [2.24, 2.45) is 0 Å². The predicted molar refractivity (Wildman–Crippen MR) is 78.5 cm³/mol. The van der Waals surface area contributed by atoms with E-state index < -0.39 is 28.9 Å². The van der Waals surface area contributed by atoms with Gasteiger partial charge in [-0.3, -0.25) is 14.9 Å². The third-order valence-electron chi connectivity index (χ3n) is 2.91. The van der Waals surface area contributed by atoms with E-state index in [1.54, 1.807) is 6.92 Å². The Bertz CT molecular complexity index is 546. The number of nitro groups is 1. The molecule has 0 aliphatic carbocycles. The first kappa shape index (κ1) is 17.3. The lowest BCUT2D eigenvalue weighted by atomic mass is 10.1. The van der Waals surface area contributed by atoms with Crippen molar-refractivity contribution >= 4 is 23.4 Å². The Morgan fingerprint density at radius 1 is 1.45 bits per heavy atom. The Hall–Kier alpha value is -2.71. The molecule has 1 aromatic heterocycles. The average Bonchev–Trinajstić information content (AvgIpc) is 2.47. The van der Waals surface area contributed by atoms with Crippen LogP contribution in [0.3, 0.4) is 0 Å². The highest BCUT2D eigenvalue weighted by atomic mass is 16.6. The van der Waals surface area contributed by atoms with Crippen LogP contribution in [0.15, 0.2) is 18.3 Å². The minimum atomic E-state index is -1.09. The molecule has 0 spiro atoms. The van der Waals surface area contributed by atoms with Crippen LogP contribution in [0.5, 0.6) is 0 Å². The molecule has 0 aromatic carbocycles. The van der Waals surface area contributed by atoms with E-state index in [1.165, 1.54) is 12.1 Å². The zero-order valence-electron chi connectivity index (χ0n) is 12.3. The van der Waals surface area contributed by atoms with Crippen molar-refractivity contribution in [3.63, 3.8) is 0 Å². The van der Waals surface area contributed by atoms with Crippen molar-refractivity contribution in [2.45, 2.75) is 38.8 Å². The second kappa shape index (κ2) is 7.91. The maximum Gasteiger partial charge on any atom is 0.326 e. The smallest absolute Gasteiger partial charge is 0.326 e. The number of carbonyl (C=O) groups is 2. The topological polar surface area (TPSA) is 134 Å². The maximum atomic E-state index is 11.9. The summed E-state index contributed by atoms with van der Waals surface area (Å²) < 4.78 is 0. The van der Waals surface area contributed by atoms with E-state index in [1.807, 2.05) is 6.92 Å². The number of hydrogen-bond acceptors (Lipinski definition) is 6. The molecule has 1 heterocycles. The molecule has 0 aliphatic heterocycles. The average molecular weight is 310 g/mol. The number of anilines is 1. The van der Waals surface area contributed by atoms with E-state index >= 15 is 0 Å². The molecule has 120 valence electrons. The van der Waals surface area contributed by atoms with Gasteiger partial charge in [0, 0.05) is 6.07 Å². The van der Waals surface area contributed by atoms with E-state index in [2.05, 4.69) is 15.6 Å². The first-order valence-corrected chi connectivity index (χ1v) is 6.75. The monoisotopic (exact) mass is 310 g/mol. The van der Waals surface area contributed by atoms with Crippen molar-refractivity contribution in [3.05, 3.63) is 28.4 Å². The summed E-state index contributed by atoms with van der Waals surface area (Å²) in [6.07, 6.45) is 2.04. The molecule has 0 saturated heterocycles. The molecule has 0 fully saturated rings. The summed E-state index contributed by atoms with van der Waals surface area (Å²) in [5, 5.41) is 24.7. The fourth-order valence-electron chi connectivity index (χ4n) is 1.71. The molecule has 22 heavy (non-hydrogen) atoms. The molecule has 0 saturated carbocycles. The van der Waals surface area contributed by atoms with Gasteiger partial charge in [0.15, 0.2) is 0 Å². The quantitative estimate of drug-likeness (QED) is 0.484. The summed E-state index contributed by atoms with van der Waals surface area (Å²) in [6, 6.07) is 0.971. The van der Waals surface area contributed by atoms with E-state index in [9.17, 15) is 19.7 Å². The Balaban J connectivity index is 2.63. The molecule has 9 heteroatoms. The highest BCUT2D eigenvalue weighted by Gasteiger charge is 2.22. The van der Waals surface area contributed by atoms with E-state index in [4.69, 9.17) is 5.11 Å². The van der Waals surface area contributed by atoms with Crippen LogP contribution >= 0.6 is 0 Å². The minimum Gasteiger partial charge on any atom is -0.480 e. The van der Waals surface area contributed by atoms with E-state index in [0.29, 0.717) is 12.8 Å². The van der Waals surface area contributed by atoms with Crippen molar-refractivity contribution in [2.75, 3.05) is 5.32 Å². The fourth-order valence-corrected chi connectivity index (χ4v) is 1.71. The molecule has 1 rings (SSSR count). The molecular formula is C13H18N4O5. The van der Waals surface area contributed by atoms with Gasteiger partial charge in [-0.1, -0.05) is 13.3 Å². The van der Waals surface area contributed by atoms with Crippen molar-refractivity contribution in [3.8, 4) is 0 Å². The SMILES string of the molecule is CCCC(NC(=O)C(C)Nc1ccc([N+](=O)[O-])cn1)C(=O)O. The third kappa shape index (κ3) is 5.00. The van der Waals surface area contributed by atoms with Crippen LogP contribution in [0.2, 0.25) is 0 Å². The number of hydrogen-bond donors (Lipinski definition) is 3. The molecule has 1 aromatic rings. The van der Waals surface area contributed by atoms with Crippen molar-refractivity contribution < 1.29 is 19.6 Å². The molecule has 2 atom stereocenters. The standard InChI is InChI=1S/C13H18N4O5/c1-3-4-10(13(19)20)16-12(18)8(2)15-11-6-5-9(7-14-11)17(21)22/h5-8,10H,3-4H2,1-2H3,(H,14,15)(H,16,18)(H,19,20). The molecule has 0 radical (unpaired) electrons. The molecule has 0 aliphatic rings. The van der Waals surface area contributed by atoms with Gasteiger partial charge in [-0.15, -0.1) is 0 Å². The Morgan fingerprint density at radius 3 is 2.59 bits per heavy atom. The molecule has 3 N–H and O–H groups in total. The summed E-state index contributed by atoms with van der Waals surface area (Å²) in [4.78, 5) is 36.7. The molecule has 0 bridgehead atoms. The van der Waals surface area contributed by atoms with Gasteiger partial charge in [0.25, 0.3) is 5.69 Å². The summed E-state index contributed by atoms with van der Waals surface area (Å²) in [5.41, 5.74) is -0.156. The van der Waals surface area contributed by atoms with Crippen LogP contribution in [0.1, 0.15) is 26.7 Å². The number of amides is 1. The lowest BCUT2D eigenvalue weighted by Crippen LogP contribution is -2.46. The zero-order valence-corrected chi connectivity index (χ0v) is 12.3. The highest BCUT2D eigenvalue weighted by Crippen LogP contribution is 2.12. The van der Waals surface area contributed by atoms with E-state index in [-0.39, 0.29) is 11.5 Å². The summed E-state index contributed by atoms with van der Waals surface area (Å²) in [6.45, 7) is 3.37. The van der Waals surface area contributed by atoms with Gasteiger partial charge >= 0.3 is 5.97 Å². The molecule has 2 unspecified atom stereocenters. The van der Waals surface area contributed by atoms with Gasteiger partial charge in [-0.2, -0.15) is 0 Å². The highest BCUT2D eigenvalue weighted by molar-refractivity contribution is 5.88. The number of nitrogens with zero attached hydrogens (tertiary/aromatic N) is 2. The van der Waals surface area contributed by atoms with Crippen molar-refractivity contribution in [1.29, 1.82) is 0 Å². The van der Waals surface area contributed by atoms with Crippen LogP contribution in [0.25, 0.3) is 0 Å². The fraction of sp³-hybridized carbons (Fsp3) is 0.462. The Kier molecular flexibility index (Phi) is 6.24. The van der Waals surface area contributed by atoms with Crippen LogP contribution in [0.4, 0.5) is 11.5 Å². The van der Waals surface area contributed by atoms with Gasteiger partial charge in [-0.05, 0) is 19.4 Å². The molecular weight excluding hydrogens is 292 g/mol. The van der Waals surface area contributed by atoms with Crippen LogP contribution in [0, 0.1) is 10.1 Å². The Morgan fingerprint density at radius 2 is 2.14 bits per heavy atom. The number of nitrogens with one attached hydrogen (secondary N) is 2. The molecule has 1 amide bonds. The summed E-state index contributed by atoms with van der Waals surface area (Å²) >= 11 is 0. The normalized spacial score (nSPS) is 13.0. The van der Waals surface area contributed by atoms with Gasteiger partial charge < -0.3 is 15.7 Å². The number of pyridine rings is 1. The van der Waals surface area contributed by atoms with Crippen molar-refractivity contribution in [1.82, 2.24) is 10.3 Å². The number of carbonyl (C=O) groups excluding carboxylic acids is 1. The van der Waals surface area contributed by atoms with Gasteiger partial charge in [-0.25, -0.2) is 9.78 Å². The van der Waals surface area contributed by atoms with Gasteiger partial charge in [0.2, 0.25) is 5.91 Å². The van der Waals surface area contributed by atoms with Crippen LogP contribution in [-0.2, 0) is 9.59 Å². The number of carboxylic acids is 1. The zero-order chi connectivity index (χ0) is 16.7. The lowest BCUT2D eigenvalue weighted by Gasteiger charge is -2.18. The largest absolute Gasteiger partial charge is 0.480 e. The number of carboxylic acid groups (broad SMARTS) is 1. The third-order valence-corrected chi connectivity index (χ3v) is 2.91. The maximum absolute atomic E-state index is 11.9. The summed E-state index contributed by atoms with van der Waals surface area (Å²) in [5.74, 6) is -1.28. The first-order valence-electron chi connectivity index (χ1n) is 6.75. The van der Waals surface area contributed by atoms with E-state index in [0.717, 1.165) is 6.20 Å². The van der Waals surface area contributed by atoms with Gasteiger partial charge in [0.05, 0.1) is 4.92 Å². The van der Waals surface area contributed by atoms with Crippen LogP contribution < -0.4 is 10.6 Å². The predicted octanol–water partition coefficient (Wildman–Crippen LogP) is 1.16. The van der Waals surface area contributed by atoms with Crippen LogP contribution in [-0.4, -0.2) is 39.0 Å². The number of aliphatic carboxylic acids is 1. The molecule has 9 nitrogen and oxygen atoms in total. The second-order valence-corrected chi connectivity index (χ2v) is 4.71. The first-order chi connectivity index (χ1) is 10.3. The lowest BCUT2D eigenvalue weighted by molar-refractivity contribution is -0.385. The minimum absolute atomic E-state index is 0.156. The number of rotatable bonds is 8. The van der Waals surface area contributed by atoms with Gasteiger partial charge in [0.1, 0.15) is 24.1 Å². The second-order valence-electron chi connectivity index (χ2n) is 4.71. The number of aromatic nitrogens is 1. The Labute approximate surface area is 126 Å².